The van der Waals surface area contributed by atoms with Crippen LogP contribution in [0.1, 0.15) is 40.1 Å². The van der Waals surface area contributed by atoms with Crippen molar-refractivity contribution in [3.8, 4) is 16.9 Å². The van der Waals surface area contributed by atoms with Crippen molar-refractivity contribution in [2.45, 2.75) is 13.8 Å². The monoisotopic (exact) mass is 645 g/mol. The molecule has 48 heavy (non-hydrogen) atoms. The van der Waals surface area contributed by atoms with Gasteiger partial charge in [-0.1, -0.05) is 60.7 Å². The Kier molecular flexibility index (Phi) is 7.50. The second-order valence-electron chi connectivity index (χ2n) is 12.1. The molecule has 5 nitrogen and oxygen atoms in total. The minimum absolute atomic E-state index is 0.159. The third-order valence-corrected chi connectivity index (χ3v) is 9.78. The lowest BCUT2D eigenvalue weighted by Gasteiger charge is -2.26. The zero-order chi connectivity index (χ0) is 32.8. The highest BCUT2D eigenvalue weighted by molar-refractivity contribution is 7.14. The maximum atomic E-state index is 13.8. The Morgan fingerprint density at radius 1 is 0.688 bits per heavy atom. The van der Waals surface area contributed by atoms with Crippen molar-refractivity contribution in [2.75, 3.05) is 4.90 Å². The molecule has 0 amide bonds. The molecule has 1 aliphatic carbocycles. The standard InChI is InChI=1S/C42H31NO4S/c1-26-20-33(47-38-24-32(16-18-35(26)38)43(39-14-9-19-48-39)31-12-7-4-8-13-31)25-34-22-30(21-27(2)46-34)40-41(44)36-17-15-29(23-37(36)42(40)45)28-10-5-3-6-11-28/h3-25,30,40H,1-2H3. The number of thiophene rings is 1. The molecule has 0 N–H and O–H groups in total. The largest absolute Gasteiger partial charge is 0.463 e. The summed E-state index contributed by atoms with van der Waals surface area (Å²) in [5.41, 5.74) is 6.98. The lowest BCUT2D eigenvalue weighted by Crippen LogP contribution is -2.25. The van der Waals surface area contributed by atoms with E-state index in [4.69, 9.17) is 9.47 Å². The highest BCUT2D eigenvalue weighted by atomic mass is 32.1. The number of ether oxygens (including phenoxy) is 2. The summed E-state index contributed by atoms with van der Waals surface area (Å²) in [6.07, 6.45) is 7.54. The summed E-state index contributed by atoms with van der Waals surface area (Å²) in [6.45, 7) is 3.90. The molecule has 2 unspecified atom stereocenters. The number of nitrogens with zero attached hydrogens (tertiary/aromatic N) is 1. The average Bonchev–Trinajstić information content (AvgIpc) is 3.71. The predicted molar refractivity (Wildman–Crippen MR) is 192 cm³/mol. The fraction of sp³-hybridized carbons (Fsp3) is 0.0952. The van der Waals surface area contributed by atoms with E-state index in [9.17, 15) is 9.59 Å². The van der Waals surface area contributed by atoms with E-state index in [2.05, 4.69) is 53.6 Å². The molecule has 1 aromatic heterocycles. The number of Topliss-reactive ketones (excluding diaryl/α,β-unsaturated/α-hetero) is 2. The minimum Gasteiger partial charge on any atom is -0.463 e. The molecule has 0 saturated carbocycles. The van der Waals surface area contributed by atoms with Crippen LogP contribution in [0.2, 0.25) is 0 Å². The number of para-hydroxylation sites is 1. The normalized spacial score (nSPS) is 19.0. The molecule has 5 aromatic rings. The van der Waals surface area contributed by atoms with Crippen molar-refractivity contribution in [3.63, 3.8) is 0 Å². The summed E-state index contributed by atoms with van der Waals surface area (Å²) in [5, 5.41) is 3.17. The first-order valence-electron chi connectivity index (χ1n) is 15.9. The molecule has 0 saturated heterocycles. The number of ketones is 2. The van der Waals surface area contributed by atoms with Crippen LogP contribution in [-0.4, -0.2) is 11.6 Å². The fourth-order valence-electron chi connectivity index (χ4n) is 6.71. The number of anilines is 3. The number of hydrogen-bond donors (Lipinski definition) is 0. The van der Waals surface area contributed by atoms with Crippen LogP contribution >= 0.6 is 11.3 Å². The third-order valence-electron chi connectivity index (χ3n) is 8.93. The molecular weight excluding hydrogens is 615 g/mol. The van der Waals surface area contributed by atoms with Gasteiger partial charge < -0.3 is 14.4 Å². The molecule has 3 heterocycles. The predicted octanol–water partition coefficient (Wildman–Crippen LogP) is 10.7. The van der Waals surface area contributed by atoms with Crippen molar-refractivity contribution in [1.29, 1.82) is 0 Å². The van der Waals surface area contributed by atoms with Gasteiger partial charge in [0.05, 0.1) is 22.4 Å². The van der Waals surface area contributed by atoms with Crippen LogP contribution in [-0.2, 0) is 4.74 Å². The number of hydrogen-bond acceptors (Lipinski definition) is 6. The van der Waals surface area contributed by atoms with E-state index >= 15 is 0 Å². The minimum atomic E-state index is -0.840. The van der Waals surface area contributed by atoms with Crippen LogP contribution in [0.5, 0.6) is 5.75 Å². The topological polar surface area (TPSA) is 55.8 Å². The van der Waals surface area contributed by atoms with Crippen molar-refractivity contribution >= 4 is 44.9 Å². The fourth-order valence-corrected chi connectivity index (χ4v) is 7.48. The molecule has 2 aliphatic heterocycles. The number of allylic oxidation sites excluding steroid dienone is 6. The smallest absolute Gasteiger partial charge is 0.175 e. The third kappa shape index (κ3) is 5.40. The molecule has 0 fully saturated rings. The zero-order valence-electron chi connectivity index (χ0n) is 26.4. The van der Waals surface area contributed by atoms with Gasteiger partial charge in [-0.2, -0.15) is 0 Å². The Labute approximate surface area is 283 Å². The van der Waals surface area contributed by atoms with Gasteiger partial charge in [-0.15, -0.1) is 11.3 Å². The van der Waals surface area contributed by atoms with Crippen LogP contribution in [0, 0.1) is 11.8 Å². The van der Waals surface area contributed by atoms with E-state index < -0.39 is 11.8 Å². The molecule has 6 heteroatoms. The number of carbonyl (C=O) groups is 2. The zero-order valence-corrected chi connectivity index (χ0v) is 27.2. The molecular formula is C42H31NO4S. The Balaban J connectivity index is 1.09. The van der Waals surface area contributed by atoms with E-state index in [-0.39, 0.29) is 11.6 Å². The van der Waals surface area contributed by atoms with E-state index in [1.165, 1.54) is 0 Å². The van der Waals surface area contributed by atoms with Gasteiger partial charge >= 0.3 is 0 Å². The molecule has 234 valence electrons. The van der Waals surface area contributed by atoms with E-state index in [1.807, 2.05) is 98.0 Å². The second-order valence-corrected chi connectivity index (χ2v) is 13.1. The maximum Gasteiger partial charge on any atom is 0.175 e. The number of benzene rings is 4. The Morgan fingerprint density at radius 3 is 2.21 bits per heavy atom. The van der Waals surface area contributed by atoms with E-state index in [0.717, 1.165) is 44.4 Å². The van der Waals surface area contributed by atoms with Crippen LogP contribution in [0.4, 0.5) is 16.4 Å². The summed E-state index contributed by atoms with van der Waals surface area (Å²) in [7, 11) is 0. The molecule has 0 radical (unpaired) electrons. The van der Waals surface area contributed by atoms with Gasteiger partial charge in [0.25, 0.3) is 0 Å². The molecule has 3 aliphatic rings. The first kappa shape index (κ1) is 29.7. The lowest BCUT2D eigenvalue weighted by atomic mass is 9.86. The highest BCUT2D eigenvalue weighted by Crippen LogP contribution is 2.43. The molecule has 8 rings (SSSR count). The van der Waals surface area contributed by atoms with Gasteiger partial charge in [0.1, 0.15) is 17.3 Å². The average molecular weight is 646 g/mol. The van der Waals surface area contributed by atoms with E-state index in [1.54, 1.807) is 17.4 Å². The van der Waals surface area contributed by atoms with Crippen molar-refractivity contribution in [2.24, 2.45) is 11.8 Å². The van der Waals surface area contributed by atoms with Crippen molar-refractivity contribution < 1.29 is 19.1 Å². The summed E-state index contributed by atoms with van der Waals surface area (Å²) in [6, 6.07) is 36.1. The van der Waals surface area contributed by atoms with Gasteiger partial charge in [0.2, 0.25) is 0 Å². The van der Waals surface area contributed by atoms with Gasteiger partial charge in [0.15, 0.2) is 11.6 Å². The first-order chi connectivity index (χ1) is 23.4. The summed E-state index contributed by atoms with van der Waals surface area (Å²) in [4.78, 5) is 29.6. The van der Waals surface area contributed by atoms with Gasteiger partial charge in [-0.25, -0.2) is 0 Å². The Morgan fingerprint density at radius 2 is 1.44 bits per heavy atom. The second kappa shape index (κ2) is 12.1. The highest BCUT2D eigenvalue weighted by Gasteiger charge is 2.43. The van der Waals surface area contributed by atoms with Gasteiger partial charge in [0, 0.05) is 40.4 Å². The maximum absolute atomic E-state index is 13.8. The molecule has 2 atom stereocenters. The van der Waals surface area contributed by atoms with Crippen LogP contribution in [0.15, 0.2) is 156 Å². The van der Waals surface area contributed by atoms with Gasteiger partial charge in [-0.05, 0) is 96.6 Å². The van der Waals surface area contributed by atoms with Crippen molar-refractivity contribution in [3.05, 3.63) is 173 Å². The Hall–Kier alpha value is -5.72. The van der Waals surface area contributed by atoms with Crippen molar-refractivity contribution in [1.82, 2.24) is 0 Å². The quantitative estimate of drug-likeness (QED) is 0.172. The first-order valence-corrected chi connectivity index (χ1v) is 16.8. The summed E-state index contributed by atoms with van der Waals surface area (Å²) >= 11 is 1.67. The number of fused-ring (bicyclic) bond motifs is 2. The van der Waals surface area contributed by atoms with Gasteiger partial charge in [-0.3, -0.25) is 9.59 Å². The molecule has 0 bridgehead atoms. The SMILES string of the molecule is CC1=CC(C2C(=O)c3ccc(-c4ccccc4)cc3C2=O)C=C(C=C2C=C(C)c3ccc(N(c4ccccc4)c4cccs4)cc3O2)O1. The number of carbonyl (C=O) groups excluding carboxylic acids is 2. The van der Waals surface area contributed by atoms with Crippen LogP contribution < -0.4 is 9.64 Å². The van der Waals surface area contributed by atoms with Crippen LogP contribution in [0.3, 0.4) is 0 Å². The molecule has 4 aromatic carbocycles. The molecule has 0 spiro atoms. The summed E-state index contributed by atoms with van der Waals surface area (Å²) in [5.74, 6) is 0.902. The van der Waals surface area contributed by atoms with Crippen LogP contribution in [0.25, 0.3) is 16.7 Å². The van der Waals surface area contributed by atoms with E-state index in [0.29, 0.717) is 28.4 Å². The Bertz CT molecular complexity index is 2190. The summed E-state index contributed by atoms with van der Waals surface area (Å²) < 4.78 is 12.6. The number of rotatable bonds is 6. The lowest BCUT2D eigenvalue weighted by molar-refractivity contribution is 0.0814.